The number of nitrogens with zero attached hydrogens (tertiary/aromatic N) is 1. The Morgan fingerprint density at radius 3 is 2.47 bits per heavy atom. The van der Waals surface area contributed by atoms with E-state index in [2.05, 4.69) is 12.2 Å². The molecule has 108 valence electrons. The Morgan fingerprint density at radius 1 is 1.21 bits per heavy atom. The van der Waals surface area contributed by atoms with Gasteiger partial charge in [-0.25, -0.2) is 8.42 Å². The van der Waals surface area contributed by atoms with Gasteiger partial charge in [0, 0.05) is 5.92 Å². The first-order valence-corrected chi connectivity index (χ1v) is 9.19. The molecule has 2 aliphatic carbocycles. The fourth-order valence-electron chi connectivity index (χ4n) is 3.97. The van der Waals surface area contributed by atoms with Crippen molar-refractivity contribution in [2.75, 3.05) is 38.5 Å². The SMILES string of the molecule is CCS(=O)(=O)N1CC[NH+](C[C@H]2C[C@@H]3C=C[C@H]2C3)CC1. The molecule has 0 aromatic heterocycles. The van der Waals surface area contributed by atoms with E-state index in [0.717, 1.165) is 30.8 Å². The van der Waals surface area contributed by atoms with E-state index in [9.17, 15) is 8.42 Å². The van der Waals surface area contributed by atoms with Gasteiger partial charge in [-0.3, -0.25) is 0 Å². The number of hydrogen-bond donors (Lipinski definition) is 1. The van der Waals surface area contributed by atoms with E-state index < -0.39 is 10.0 Å². The van der Waals surface area contributed by atoms with Crippen LogP contribution in [-0.2, 0) is 10.0 Å². The van der Waals surface area contributed by atoms with Gasteiger partial charge in [0.15, 0.2) is 0 Å². The van der Waals surface area contributed by atoms with Crippen LogP contribution in [0.4, 0.5) is 0 Å². The lowest BCUT2D eigenvalue weighted by Crippen LogP contribution is -3.15. The van der Waals surface area contributed by atoms with Crippen molar-refractivity contribution in [2.24, 2.45) is 17.8 Å². The highest BCUT2D eigenvalue weighted by Crippen LogP contribution is 2.42. The average molecular weight is 285 g/mol. The maximum absolute atomic E-state index is 11.8. The Balaban J connectivity index is 1.50. The highest BCUT2D eigenvalue weighted by atomic mass is 32.2. The van der Waals surface area contributed by atoms with E-state index in [4.69, 9.17) is 0 Å². The topological polar surface area (TPSA) is 41.8 Å². The van der Waals surface area contributed by atoms with Crippen LogP contribution in [0.1, 0.15) is 19.8 Å². The van der Waals surface area contributed by atoms with Crippen molar-refractivity contribution in [2.45, 2.75) is 19.8 Å². The molecule has 2 fully saturated rings. The van der Waals surface area contributed by atoms with Gasteiger partial charge in [-0.2, -0.15) is 4.31 Å². The minimum absolute atomic E-state index is 0.236. The number of piperazine rings is 1. The molecule has 2 bridgehead atoms. The van der Waals surface area contributed by atoms with Crippen LogP contribution in [0.3, 0.4) is 0 Å². The second kappa shape index (κ2) is 5.19. The summed E-state index contributed by atoms with van der Waals surface area (Å²) < 4.78 is 25.3. The zero-order valence-electron chi connectivity index (χ0n) is 11.7. The first kappa shape index (κ1) is 13.6. The lowest BCUT2D eigenvalue weighted by atomic mass is 9.93. The summed E-state index contributed by atoms with van der Waals surface area (Å²) in [5.41, 5.74) is 0. The quantitative estimate of drug-likeness (QED) is 0.724. The van der Waals surface area contributed by atoms with Crippen LogP contribution in [0.15, 0.2) is 12.2 Å². The maximum atomic E-state index is 11.8. The molecule has 3 atom stereocenters. The molecule has 0 radical (unpaired) electrons. The molecular weight excluding hydrogens is 260 g/mol. The number of allylic oxidation sites excluding steroid dienone is 2. The number of hydrogen-bond acceptors (Lipinski definition) is 2. The third-order valence-corrected chi connectivity index (χ3v) is 7.04. The van der Waals surface area contributed by atoms with Crippen LogP contribution in [0, 0.1) is 17.8 Å². The summed E-state index contributed by atoms with van der Waals surface area (Å²) >= 11 is 0. The van der Waals surface area contributed by atoms with Gasteiger partial charge in [0.1, 0.15) is 0 Å². The Morgan fingerprint density at radius 2 is 1.95 bits per heavy atom. The van der Waals surface area contributed by atoms with Crippen LogP contribution in [0.5, 0.6) is 0 Å². The monoisotopic (exact) mass is 285 g/mol. The minimum Gasteiger partial charge on any atom is -0.333 e. The third-order valence-electron chi connectivity index (χ3n) is 5.15. The van der Waals surface area contributed by atoms with E-state index in [1.807, 2.05) is 0 Å². The Kier molecular flexibility index (Phi) is 3.71. The minimum atomic E-state index is -2.97. The Bertz CT molecular complexity index is 452. The molecule has 1 saturated heterocycles. The van der Waals surface area contributed by atoms with Crippen molar-refractivity contribution in [1.82, 2.24) is 4.31 Å². The average Bonchev–Trinajstić information content (AvgIpc) is 3.02. The summed E-state index contributed by atoms with van der Waals surface area (Å²) in [6.45, 7) is 6.36. The molecule has 3 aliphatic rings. The van der Waals surface area contributed by atoms with E-state index in [1.54, 1.807) is 16.1 Å². The number of rotatable bonds is 4. The molecule has 1 aliphatic heterocycles. The van der Waals surface area contributed by atoms with E-state index in [1.165, 1.54) is 19.4 Å². The van der Waals surface area contributed by atoms with Gasteiger partial charge >= 0.3 is 0 Å². The lowest BCUT2D eigenvalue weighted by molar-refractivity contribution is -0.907. The van der Waals surface area contributed by atoms with Crippen molar-refractivity contribution in [3.05, 3.63) is 12.2 Å². The third kappa shape index (κ3) is 2.73. The van der Waals surface area contributed by atoms with Crippen molar-refractivity contribution < 1.29 is 13.3 Å². The number of nitrogens with one attached hydrogen (secondary N) is 1. The fraction of sp³-hybridized carbons (Fsp3) is 0.857. The second-order valence-electron chi connectivity index (χ2n) is 6.29. The highest BCUT2D eigenvalue weighted by Gasteiger charge is 2.38. The zero-order valence-corrected chi connectivity index (χ0v) is 12.5. The molecule has 0 aromatic rings. The Hall–Kier alpha value is -0.390. The standard InChI is InChI=1S/C14H24N2O2S/c1-2-19(17,18)16-7-5-15(6-8-16)11-14-10-12-3-4-13(14)9-12/h3-4,12-14H,2,5-11H2,1H3/p+1/t12-,13+,14-/m1/s1. The largest absolute Gasteiger partial charge is 0.333 e. The van der Waals surface area contributed by atoms with Crippen LogP contribution < -0.4 is 4.90 Å². The van der Waals surface area contributed by atoms with Gasteiger partial charge in [-0.05, 0) is 31.6 Å². The van der Waals surface area contributed by atoms with Crippen LogP contribution >= 0.6 is 0 Å². The number of quaternary nitrogens is 1. The molecule has 1 N–H and O–H groups in total. The molecule has 0 aromatic carbocycles. The van der Waals surface area contributed by atoms with Gasteiger partial charge in [0.05, 0.1) is 38.5 Å². The molecule has 0 unspecified atom stereocenters. The summed E-state index contributed by atoms with van der Waals surface area (Å²) in [5.74, 6) is 2.74. The summed E-state index contributed by atoms with van der Waals surface area (Å²) in [5, 5.41) is 0. The van der Waals surface area contributed by atoms with E-state index in [-0.39, 0.29) is 5.75 Å². The lowest BCUT2D eigenvalue weighted by Gasteiger charge is -2.33. The number of sulfonamides is 1. The molecule has 1 saturated carbocycles. The summed E-state index contributed by atoms with van der Waals surface area (Å²) in [6, 6.07) is 0. The van der Waals surface area contributed by atoms with Crippen LogP contribution in [-0.4, -0.2) is 51.2 Å². The smallest absolute Gasteiger partial charge is 0.214 e. The molecule has 0 spiro atoms. The van der Waals surface area contributed by atoms with Crippen LogP contribution in [0.25, 0.3) is 0 Å². The van der Waals surface area contributed by atoms with Gasteiger partial charge < -0.3 is 4.90 Å². The van der Waals surface area contributed by atoms with E-state index in [0.29, 0.717) is 13.1 Å². The van der Waals surface area contributed by atoms with Crippen LogP contribution in [0.2, 0.25) is 0 Å². The molecule has 3 rings (SSSR count). The molecule has 19 heavy (non-hydrogen) atoms. The highest BCUT2D eigenvalue weighted by molar-refractivity contribution is 7.89. The van der Waals surface area contributed by atoms with Gasteiger partial charge in [-0.1, -0.05) is 12.2 Å². The first-order valence-electron chi connectivity index (χ1n) is 7.58. The molecule has 5 heteroatoms. The fourth-order valence-corrected chi connectivity index (χ4v) is 5.07. The molecule has 4 nitrogen and oxygen atoms in total. The first-order chi connectivity index (χ1) is 9.08. The van der Waals surface area contributed by atoms with Gasteiger partial charge in [0.25, 0.3) is 0 Å². The summed E-state index contributed by atoms with van der Waals surface area (Å²) in [4.78, 5) is 1.61. The number of fused-ring (bicyclic) bond motifs is 2. The van der Waals surface area contributed by atoms with Gasteiger partial charge in [0.2, 0.25) is 10.0 Å². The summed E-state index contributed by atoms with van der Waals surface area (Å²) in [7, 11) is -2.97. The summed E-state index contributed by atoms with van der Waals surface area (Å²) in [6.07, 6.45) is 7.54. The van der Waals surface area contributed by atoms with Gasteiger partial charge in [-0.15, -0.1) is 0 Å². The van der Waals surface area contributed by atoms with Crippen molar-refractivity contribution in [3.8, 4) is 0 Å². The van der Waals surface area contributed by atoms with Crippen molar-refractivity contribution >= 4 is 10.0 Å². The normalized spacial score (nSPS) is 36.2. The predicted octanol–water partition coefficient (Wildman–Crippen LogP) is -0.251. The maximum Gasteiger partial charge on any atom is 0.214 e. The molecule has 0 amide bonds. The second-order valence-corrected chi connectivity index (χ2v) is 8.55. The zero-order chi connectivity index (χ0) is 13.5. The van der Waals surface area contributed by atoms with Crippen molar-refractivity contribution in [1.29, 1.82) is 0 Å². The Labute approximate surface area is 116 Å². The molecular formula is C14H25N2O2S+. The predicted molar refractivity (Wildman–Crippen MR) is 75.4 cm³/mol. The van der Waals surface area contributed by atoms with E-state index >= 15 is 0 Å². The molecule has 1 heterocycles. The van der Waals surface area contributed by atoms with Crippen molar-refractivity contribution in [3.63, 3.8) is 0 Å².